The van der Waals surface area contributed by atoms with E-state index < -0.39 is 11.7 Å². The number of nitrogens with zero attached hydrogens (tertiary/aromatic N) is 1. The molecule has 70 valence electrons. The molecule has 0 aliphatic carbocycles. The van der Waals surface area contributed by atoms with Gasteiger partial charge in [0.25, 0.3) is 0 Å². The molecule has 0 unspecified atom stereocenters. The Kier molecular flexibility index (Phi) is 2.70. The van der Waals surface area contributed by atoms with Gasteiger partial charge in [-0.05, 0) is 6.07 Å². The van der Waals surface area contributed by atoms with E-state index >= 15 is 0 Å². The van der Waals surface area contributed by atoms with Gasteiger partial charge in [0, 0.05) is 18.8 Å². The van der Waals surface area contributed by atoms with Gasteiger partial charge in [-0.2, -0.15) is 13.2 Å². The molecule has 0 spiro atoms. The van der Waals surface area contributed by atoms with Crippen LogP contribution in [0.15, 0.2) is 29.3 Å². The van der Waals surface area contributed by atoms with E-state index in [0.717, 1.165) is 6.07 Å². The summed E-state index contributed by atoms with van der Waals surface area (Å²) in [4.78, 5) is 3.56. The first kappa shape index (κ1) is 9.77. The molecule has 1 rings (SSSR count). The highest BCUT2D eigenvalue weighted by Crippen LogP contribution is 2.30. The Morgan fingerprint density at radius 2 is 1.85 bits per heavy atom. The van der Waals surface area contributed by atoms with Gasteiger partial charge in [-0.1, -0.05) is 18.2 Å². The fraction of sp³-hybridized carbons (Fsp3) is 0.222. The van der Waals surface area contributed by atoms with Gasteiger partial charge in [-0.15, -0.1) is 0 Å². The van der Waals surface area contributed by atoms with E-state index in [1.807, 2.05) is 0 Å². The topological polar surface area (TPSA) is 12.4 Å². The smallest absolute Gasteiger partial charge is 0.296 e. The summed E-state index contributed by atoms with van der Waals surface area (Å²) in [7, 11) is 1.44. The Labute approximate surface area is 73.9 Å². The molecule has 0 saturated carbocycles. The van der Waals surface area contributed by atoms with E-state index in [0.29, 0.717) is 0 Å². The molecular formula is C9H8F3N. The molecule has 0 aromatic heterocycles. The van der Waals surface area contributed by atoms with Crippen LogP contribution in [0.5, 0.6) is 0 Å². The van der Waals surface area contributed by atoms with Crippen molar-refractivity contribution in [1.82, 2.24) is 0 Å². The first-order valence-corrected chi connectivity index (χ1v) is 3.64. The van der Waals surface area contributed by atoms with Crippen LogP contribution in [0, 0.1) is 0 Å². The molecule has 1 nitrogen and oxygen atoms in total. The van der Waals surface area contributed by atoms with Crippen molar-refractivity contribution >= 4 is 6.21 Å². The Morgan fingerprint density at radius 3 is 2.38 bits per heavy atom. The second-order valence-electron chi connectivity index (χ2n) is 2.47. The Balaban J connectivity index is 3.20. The zero-order chi connectivity index (χ0) is 9.90. The summed E-state index contributed by atoms with van der Waals surface area (Å²) in [6, 6.07) is 5.33. The van der Waals surface area contributed by atoms with Gasteiger partial charge in [0.05, 0.1) is 5.56 Å². The van der Waals surface area contributed by atoms with Gasteiger partial charge in [0.15, 0.2) is 0 Å². The first-order valence-electron chi connectivity index (χ1n) is 3.64. The highest BCUT2D eigenvalue weighted by atomic mass is 19.4. The van der Waals surface area contributed by atoms with Crippen LogP contribution < -0.4 is 0 Å². The third kappa shape index (κ3) is 2.31. The molecule has 0 amide bonds. The molecule has 0 bridgehead atoms. The molecule has 0 atom stereocenters. The molecular weight excluding hydrogens is 179 g/mol. The van der Waals surface area contributed by atoms with Crippen molar-refractivity contribution < 1.29 is 13.2 Å². The quantitative estimate of drug-likeness (QED) is 0.599. The zero-order valence-electron chi connectivity index (χ0n) is 6.97. The maximum atomic E-state index is 12.3. The van der Waals surface area contributed by atoms with E-state index in [9.17, 15) is 13.2 Å². The van der Waals surface area contributed by atoms with Crippen LogP contribution in [-0.2, 0) is 6.18 Å². The summed E-state index contributed by atoms with van der Waals surface area (Å²) in [5.74, 6) is 0. The molecule has 4 heteroatoms. The maximum Gasteiger partial charge on any atom is 0.417 e. The van der Waals surface area contributed by atoms with Gasteiger partial charge >= 0.3 is 6.18 Å². The lowest BCUT2D eigenvalue weighted by atomic mass is 10.1. The van der Waals surface area contributed by atoms with Crippen molar-refractivity contribution in [2.24, 2.45) is 4.99 Å². The number of rotatable bonds is 1. The summed E-state index contributed by atoms with van der Waals surface area (Å²) >= 11 is 0. The zero-order valence-corrected chi connectivity index (χ0v) is 6.97. The molecule has 0 saturated heterocycles. The van der Waals surface area contributed by atoms with Crippen LogP contribution in [0.4, 0.5) is 13.2 Å². The van der Waals surface area contributed by atoms with Gasteiger partial charge in [-0.25, -0.2) is 0 Å². The minimum Gasteiger partial charge on any atom is -0.296 e. The van der Waals surface area contributed by atoms with Crippen LogP contribution in [0.2, 0.25) is 0 Å². The summed E-state index contributed by atoms with van der Waals surface area (Å²) in [5, 5.41) is 0. The van der Waals surface area contributed by atoms with E-state index in [4.69, 9.17) is 0 Å². The van der Waals surface area contributed by atoms with Crippen molar-refractivity contribution in [3.63, 3.8) is 0 Å². The monoisotopic (exact) mass is 187 g/mol. The minimum absolute atomic E-state index is 0.0949. The van der Waals surface area contributed by atoms with Crippen molar-refractivity contribution in [3.8, 4) is 0 Å². The lowest BCUT2D eigenvalue weighted by Crippen LogP contribution is -2.08. The molecule has 0 aliphatic heterocycles. The van der Waals surface area contributed by atoms with Crippen LogP contribution >= 0.6 is 0 Å². The van der Waals surface area contributed by atoms with E-state index in [-0.39, 0.29) is 5.56 Å². The fourth-order valence-corrected chi connectivity index (χ4v) is 1.01. The van der Waals surface area contributed by atoms with Crippen molar-refractivity contribution in [3.05, 3.63) is 35.4 Å². The van der Waals surface area contributed by atoms with E-state index in [1.165, 1.54) is 25.4 Å². The number of hydrogen-bond donors (Lipinski definition) is 0. The third-order valence-corrected chi connectivity index (χ3v) is 1.53. The third-order valence-electron chi connectivity index (χ3n) is 1.53. The largest absolute Gasteiger partial charge is 0.417 e. The average Bonchev–Trinajstić information content (AvgIpc) is 2.04. The van der Waals surface area contributed by atoms with Crippen molar-refractivity contribution in [2.75, 3.05) is 7.05 Å². The van der Waals surface area contributed by atoms with Gasteiger partial charge < -0.3 is 0 Å². The molecule has 0 N–H and O–H groups in total. The Hall–Kier alpha value is -1.32. The van der Waals surface area contributed by atoms with Crippen LogP contribution in [0.3, 0.4) is 0 Å². The highest BCUT2D eigenvalue weighted by Gasteiger charge is 2.32. The van der Waals surface area contributed by atoms with Crippen molar-refractivity contribution in [1.29, 1.82) is 0 Å². The van der Waals surface area contributed by atoms with Gasteiger partial charge in [0.1, 0.15) is 0 Å². The predicted molar refractivity (Wildman–Crippen MR) is 45.0 cm³/mol. The molecule has 0 radical (unpaired) electrons. The van der Waals surface area contributed by atoms with E-state index in [2.05, 4.69) is 4.99 Å². The summed E-state index contributed by atoms with van der Waals surface area (Å²) in [5.41, 5.74) is -0.557. The van der Waals surface area contributed by atoms with Gasteiger partial charge in [0.2, 0.25) is 0 Å². The molecule has 0 fully saturated rings. The summed E-state index contributed by atoms with van der Waals surface area (Å²) < 4.78 is 36.9. The fourth-order valence-electron chi connectivity index (χ4n) is 1.01. The van der Waals surface area contributed by atoms with Gasteiger partial charge in [-0.3, -0.25) is 4.99 Å². The normalized spacial score (nSPS) is 12.3. The van der Waals surface area contributed by atoms with Crippen LogP contribution in [-0.4, -0.2) is 13.3 Å². The maximum absolute atomic E-state index is 12.3. The molecule has 1 aromatic carbocycles. The van der Waals surface area contributed by atoms with E-state index in [1.54, 1.807) is 6.07 Å². The second kappa shape index (κ2) is 3.60. The van der Waals surface area contributed by atoms with Crippen LogP contribution in [0.25, 0.3) is 0 Å². The summed E-state index contributed by atoms with van der Waals surface area (Å²) in [6.45, 7) is 0. The molecule has 0 aliphatic rings. The Bertz CT molecular complexity index is 315. The predicted octanol–water partition coefficient (Wildman–Crippen LogP) is 2.75. The van der Waals surface area contributed by atoms with Crippen LogP contribution in [0.1, 0.15) is 11.1 Å². The molecule has 1 aromatic rings. The minimum atomic E-state index is -4.31. The lowest BCUT2D eigenvalue weighted by molar-refractivity contribution is -0.137. The second-order valence-corrected chi connectivity index (χ2v) is 2.47. The SMILES string of the molecule is CN=Cc1ccccc1C(F)(F)F. The number of hydrogen-bond acceptors (Lipinski definition) is 1. The molecule has 13 heavy (non-hydrogen) atoms. The lowest BCUT2D eigenvalue weighted by Gasteiger charge is -2.08. The average molecular weight is 187 g/mol. The van der Waals surface area contributed by atoms with Crippen molar-refractivity contribution in [2.45, 2.75) is 6.18 Å². The number of aliphatic imine (C=N–C) groups is 1. The standard InChI is InChI=1S/C9H8F3N/c1-13-6-7-4-2-3-5-8(7)9(10,11)12/h2-6H,1H3. The number of benzene rings is 1. The molecule has 0 heterocycles. The number of halogens is 3. The first-order chi connectivity index (χ1) is 6.05. The summed E-state index contributed by atoms with van der Waals surface area (Å²) in [6.07, 6.45) is -3.11. The Morgan fingerprint density at radius 1 is 1.23 bits per heavy atom. The number of alkyl halides is 3. The highest BCUT2D eigenvalue weighted by molar-refractivity contribution is 5.81.